The average molecular weight is 190 g/mol. The number of hydrogen-bond acceptors (Lipinski definition) is 3. The molecule has 0 radical (unpaired) electrons. The fourth-order valence-corrected chi connectivity index (χ4v) is 1.63. The van der Waals surface area contributed by atoms with E-state index in [0.717, 1.165) is 12.2 Å². The number of carbonyl (C=O) groups is 1. The van der Waals surface area contributed by atoms with Gasteiger partial charge in [-0.25, -0.2) is 0 Å². The van der Waals surface area contributed by atoms with E-state index in [1.54, 1.807) is 0 Å². The van der Waals surface area contributed by atoms with Crippen molar-refractivity contribution in [2.75, 3.05) is 6.61 Å². The highest BCUT2D eigenvalue weighted by atomic mass is 16.7. The Balaban J connectivity index is 1.72. The molecule has 0 unspecified atom stereocenters. The van der Waals surface area contributed by atoms with Crippen LogP contribution in [0.25, 0.3) is 0 Å². The van der Waals surface area contributed by atoms with E-state index in [1.165, 1.54) is 0 Å². The van der Waals surface area contributed by atoms with Gasteiger partial charge in [0.2, 0.25) is 0 Å². The van der Waals surface area contributed by atoms with E-state index >= 15 is 0 Å². The Morgan fingerprint density at radius 3 is 2.64 bits per heavy atom. The largest absolute Gasteiger partial charge is 0.370 e. The van der Waals surface area contributed by atoms with E-state index < -0.39 is 0 Å². The summed E-state index contributed by atoms with van der Waals surface area (Å²) in [7, 11) is 0. The molecule has 14 heavy (non-hydrogen) atoms. The number of benzene rings is 1. The van der Waals surface area contributed by atoms with Crippen LogP contribution in [0.3, 0.4) is 0 Å². The lowest BCUT2D eigenvalue weighted by atomic mass is 10.1. The quantitative estimate of drug-likeness (QED) is 0.528. The van der Waals surface area contributed by atoms with Gasteiger partial charge in [-0.05, 0) is 0 Å². The van der Waals surface area contributed by atoms with E-state index in [9.17, 15) is 4.79 Å². The van der Waals surface area contributed by atoms with Gasteiger partial charge in [-0.2, -0.15) is 0 Å². The molecular formula is C11H10O3. The predicted octanol–water partition coefficient (Wildman–Crippen LogP) is 1.04. The van der Waals surface area contributed by atoms with Gasteiger partial charge in [-0.3, -0.25) is 4.79 Å². The van der Waals surface area contributed by atoms with Gasteiger partial charge < -0.3 is 9.47 Å². The molecule has 2 saturated heterocycles. The van der Waals surface area contributed by atoms with Crippen molar-refractivity contribution in [1.82, 2.24) is 0 Å². The minimum atomic E-state index is -0.259. The first-order valence-corrected chi connectivity index (χ1v) is 4.72. The second kappa shape index (κ2) is 2.90. The average Bonchev–Trinajstić information content (AvgIpc) is 3.07. The summed E-state index contributed by atoms with van der Waals surface area (Å²) in [6.45, 7) is 0.739. The highest BCUT2D eigenvalue weighted by Crippen LogP contribution is 2.35. The third-order valence-electron chi connectivity index (χ3n) is 2.57. The highest BCUT2D eigenvalue weighted by molar-refractivity contribution is 6.01. The van der Waals surface area contributed by atoms with E-state index in [0.29, 0.717) is 0 Å². The molecule has 0 spiro atoms. The summed E-state index contributed by atoms with van der Waals surface area (Å²) >= 11 is 0. The van der Waals surface area contributed by atoms with Gasteiger partial charge in [0.1, 0.15) is 18.3 Å². The van der Waals surface area contributed by atoms with E-state index in [4.69, 9.17) is 9.47 Å². The summed E-state index contributed by atoms with van der Waals surface area (Å²) in [5.41, 5.74) is 0.723. The molecule has 0 N–H and O–H groups in total. The molecule has 3 atom stereocenters. The number of hydrogen-bond donors (Lipinski definition) is 0. The number of Topliss-reactive ketones (excluding diaryl/α,β-unsaturated/α-hetero) is 1. The fourth-order valence-electron chi connectivity index (χ4n) is 1.63. The van der Waals surface area contributed by atoms with Crippen LogP contribution in [0.5, 0.6) is 0 Å². The molecule has 2 fully saturated rings. The molecule has 2 heterocycles. The Morgan fingerprint density at radius 1 is 1.29 bits per heavy atom. The minimum absolute atomic E-state index is 0.0164. The van der Waals surface area contributed by atoms with Crippen molar-refractivity contribution in [3.8, 4) is 0 Å². The van der Waals surface area contributed by atoms with Gasteiger partial charge in [-0.1, -0.05) is 30.3 Å². The fraction of sp³-hybridized carbons (Fsp3) is 0.364. The second-order valence-corrected chi connectivity index (χ2v) is 3.62. The lowest BCUT2D eigenvalue weighted by Crippen LogP contribution is -2.12. The third kappa shape index (κ3) is 1.35. The number of ether oxygens (including phenoxy) is 2. The smallest absolute Gasteiger partial charge is 0.194 e. The maximum absolute atomic E-state index is 11.8. The molecule has 3 rings (SSSR count). The van der Waals surface area contributed by atoms with Gasteiger partial charge in [-0.15, -0.1) is 0 Å². The Kier molecular flexibility index (Phi) is 1.69. The van der Waals surface area contributed by atoms with Gasteiger partial charge in [0.25, 0.3) is 0 Å². The summed E-state index contributed by atoms with van der Waals surface area (Å²) < 4.78 is 10.4. The molecular weight excluding hydrogens is 180 g/mol. The number of rotatable bonds is 3. The summed E-state index contributed by atoms with van der Waals surface area (Å²) in [6.07, 6.45) is -0.0692. The Morgan fingerprint density at radius 2 is 2.00 bits per heavy atom. The van der Waals surface area contributed by atoms with Crippen LogP contribution in [0.2, 0.25) is 0 Å². The Bertz CT molecular complexity index is 356. The van der Waals surface area contributed by atoms with Crippen LogP contribution in [0.4, 0.5) is 0 Å². The summed E-state index contributed by atoms with van der Waals surface area (Å²) in [4.78, 5) is 11.8. The number of epoxide rings is 2. The first kappa shape index (κ1) is 8.15. The van der Waals surface area contributed by atoms with Crippen LogP contribution in [0.15, 0.2) is 30.3 Å². The van der Waals surface area contributed by atoms with Crippen molar-refractivity contribution < 1.29 is 14.3 Å². The monoisotopic (exact) mass is 190 g/mol. The number of ketones is 1. The molecule has 0 amide bonds. The van der Waals surface area contributed by atoms with Crippen LogP contribution in [-0.2, 0) is 9.47 Å². The third-order valence-corrected chi connectivity index (χ3v) is 2.57. The summed E-state index contributed by atoms with van der Waals surface area (Å²) in [5, 5.41) is 0. The molecule has 2 aliphatic rings. The molecule has 0 aromatic heterocycles. The molecule has 0 bridgehead atoms. The van der Waals surface area contributed by atoms with Crippen molar-refractivity contribution >= 4 is 5.78 Å². The Hall–Kier alpha value is -1.19. The van der Waals surface area contributed by atoms with Gasteiger partial charge in [0.15, 0.2) is 5.78 Å². The maximum atomic E-state index is 11.8. The first-order chi connectivity index (χ1) is 6.86. The lowest BCUT2D eigenvalue weighted by molar-refractivity contribution is 0.0953. The second-order valence-electron chi connectivity index (χ2n) is 3.62. The zero-order valence-electron chi connectivity index (χ0n) is 7.55. The van der Waals surface area contributed by atoms with E-state index in [1.807, 2.05) is 30.3 Å². The van der Waals surface area contributed by atoms with E-state index in [2.05, 4.69) is 0 Å². The van der Waals surface area contributed by atoms with Crippen molar-refractivity contribution in [2.45, 2.75) is 18.3 Å². The molecule has 72 valence electrons. The lowest BCUT2D eigenvalue weighted by Gasteiger charge is -1.94. The molecule has 3 heteroatoms. The number of carbonyl (C=O) groups excluding carboxylic acids is 1. The van der Waals surface area contributed by atoms with Crippen molar-refractivity contribution in [3.05, 3.63) is 35.9 Å². The van der Waals surface area contributed by atoms with Crippen molar-refractivity contribution in [3.63, 3.8) is 0 Å². The van der Waals surface area contributed by atoms with Crippen LogP contribution in [0.1, 0.15) is 10.4 Å². The standard InChI is InChI=1S/C11H10O3/c12-9(7-4-2-1-3-5-7)11-10(14-11)8-6-13-8/h1-5,8,10-11H,6H2/t8-,10-,11-/m1/s1. The normalized spacial score (nSPS) is 33.9. The van der Waals surface area contributed by atoms with Crippen LogP contribution in [-0.4, -0.2) is 30.7 Å². The predicted molar refractivity (Wildman–Crippen MR) is 49.2 cm³/mol. The van der Waals surface area contributed by atoms with Crippen LogP contribution >= 0.6 is 0 Å². The zero-order chi connectivity index (χ0) is 9.54. The van der Waals surface area contributed by atoms with Crippen LogP contribution in [0, 0.1) is 0 Å². The SMILES string of the molecule is O=C(c1ccccc1)[C@H]1O[C@@H]1[C@H]1CO1. The maximum Gasteiger partial charge on any atom is 0.194 e. The molecule has 3 nitrogen and oxygen atoms in total. The summed E-state index contributed by atoms with van der Waals surface area (Å²) in [5.74, 6) is 0.0751. The topological polar surface area (TPSA) is 42.1 Å². The molecule has 0 aliphatic carbocycles. The molecule has 1 aromatic carbocycles. The first-order valence-electron chi connectivity index (χ1n) is 4.72. The van der Waals surface area contributed by atoms with Crippen molar-refractivity contribution in [1.29, 1.82) is 0 Å². The Labute approximate surface area is 81.6 Å². The minimum Gasteiger partial charge on any atom is -0.370 e. The molecule has 0 saturated carbocycles. The van der Waals surface area contributed by atoms with Crippen molar-refractivity contribution in [2.24, 2.45) is 0 Å². The molecule has 1 aromatic rings. The van der Waals surface area contributed by atoms with E-state index in [-0.39, 0.29) is 24.1 Å². The molecule has 2 aliphatic heterocycles. The summed E-state index contributed by atoms with van der Waals surface area (Å²) in [6, 6.07) is 9.24. The highest BCUT2D eigenvalue weighted by Gasteiger charge is 2.54. The van der Waals surface area contributed by atoms with Gasteiger partial charge in [0.05, 0.1) is 6.61 Å². The van der Waals surface area contributed by atoms with Gasteiger partial charge in [0, 0.05) is 5.56 Å². The van der Waals surface area contributed by atoms with Gasteiger partial charge >= 0.3 is 0 Å². The van der Waals surface area contributed by atoms with Crippen LogP contribution < -0.4 is 0 Å². The zero-order valence-corrected chi connectivity index (χ0v) is 7.55.